The number of fused-ring (bicyclic) bond motifs is 1. The van der Waals surface area contributed by atoms with E-state index in [4.69, 9.17) is 0 Å². The molecule has 0 atom stereocenters. The van der Waals surface area contributed by atoms with Crippen molar-refractivity contribution >= 4 is 28.4 Å². The lowest BCUT2D eigenvalue weighted by Gasteiger charge is -1.97. The van der Waals surface area contributed by atoms with Gasteiger partial charge in [0, 0.05) is 5.92 Å². The standard InChI is InChI=1S/C14H14N4S/c1-10(2)13-15-16-14-18(13)17-12(19-14)9-8-11-6-4-3-5-7-11/h3-10H,1-2H3. The predicted octanol–water partition coefficient (Wildman–Crippen LogP) is 3.48. The Hall–Kier alpha value is -2.01. The number of rotatable bonds is 3. The summed E-state index contributed by atoms with van der Waals surface area (Å²) in [6.07, 6.45) is 4.07. The van der Waals surface area contributed by atoms with Gasteiger partial charge in [0.05, 0.1) is 0 Å². The van der Waals surface area contributed by atoms with Crippen LogP contribution < -0.4 is 0 Å². The minimum atomic E-state index is 0.322. The summed E-state index contributed by atoms with van der Waals surface area (Å²) in [7, 11) is 0. The maximum Gasteiger partial charge on any atom is 0.234 e. The minimum absolute atomic E-state index is 0.322. The highest BCUT2D eigenvalue weighted by atomic mass is 32.1. The van der Waals surface area contributed by atoms with Crippen LogP contribution in [0.1, 0.15) is 36.2 Å². The van der Waals surface area contributed by atoms with Crippen molar-refractivity contribution in [2.75, 3.05) is 0 Å². The van der Waals surface area contributed by atoms with E-state index < -0.39 is 0 Å². The van der Waals surface area contributed by atoms with Gasteiger partial charge in [-0.1, -0.05) is 61.6 Å². The molecule has 96 valence electrons. The summed E-state index contributed by atoms with van der Waals surface area (Å²) in [4.78, 5) is 0.844. The van der Waals surface area contributed by atoms with Crippen LogP contribution in [0, 0.1) is 0 Å². The van der Waals surface area contributed by atoms with E-state index in [1.807, 2.05) is 28.8 Å². The molecule has 0 spiro atoms. The van der Waals surface area contributed by atoms with Crippen LogP contribution in [0.3, 0.4) is 0 Å². The molecule has 19 heavy (non-hydrogen) atoms. The van der Waals surface area contributed by atoms with Crippen molar-refractivity contribution in [2.45, 2.75) is 19.8 Å². The van der Waals surface area contributed by atoms with Crippen LogP contribution in [0.2, 0.25) is 0 Å². The molecule has 0 saturated carbocycles. The van der Waals surface area contributed by atoms with Crippen LogP contribution in [-0.4, -0.2) is 19.8 Å². The van der Waals surface area contributed by atoms with E-state index in [2.05, 4.69) is 47.4 Å². The molecule has 0 aliphatic rings. The fourth-order valence-corrected chi connectivity index (χ4v) is 2.55. The molecule has 0 aliphatic carbocycles. The minimum Gasteiger partial charge on any atom is -0.187 e. The zero-order chi connectivity index (χ0) is 13.2. The molecule has 0 fully saturated rings. The summed E-state index contributed by atoms with van der Waals surface area (Å²) in [5.74, 6) is 1.23. The molecule has 0 unspecified atom stereocenters. The Morgan fingerprint density at radius 1 is 1.11 bits per heavy atom. The molecule has 0 amide bonds. The van der Waals surface area contributed by atoms with Gasteiger partial charge in [0.1, 0.15) is 5.01 Å². The highest BCUT2D eigenvalue weighted by Crippen LogP contribution is 2.20. The molecule has 0 saturated heterocycles. The molecule has 2 aromatic heterocycles. The second-order valence-electron chi connectivity index (χ2n) is 4.59. The third-order valence-corrected chi connectivity index (χ3v) is 3.63. The van der Waals surface area contributed by atoms with Crippen molar-refractivity contribution in [2.24, 2.45) is 0 Å². The number of hydrogen-bond acceptors (Lipinski definition) is 4. The Morgan fingerprint density at radius 3 is 2.63 bits per heavy atom. The fraction of sp³-hybridized carbons (Fsp3) is 0.214. The quantitative estimate of drug-likeness (QED) is 0.731. The van der Waals surface area contributed by atoms with Crippen molar-refractivity contribution in [3.8, 4) is 0 Å². The highest BCUT2D eigenvalue weighted by Gasteiger charge is 2.12. The van der Waals surface area contributed by atoms with Crippen molar-refractivity contribution < 1.29 is 0 Å². The van der Waals surface area contributed by atoms with Crippen LogP contribution in [-0.2, 0) is 0 Å². The van der Waals surface area contributed by atoms with E-state index in [1.165, 1.54) is 0 Å². The third-order valence-electron chi connectivity index (χ3n) is 2.76. The van der Waals surface area contributed by atoms with Gasteiger partial charge in [0.2, 0.25) is 4.96 Å². The van der Waals surface area contributed by atoms with Crippen LogP contribution in [0.5, 0.6) is 0 Å². The van der Waals surface area contributed by atoms with Crippen LogP contribution >= 0.6 is 11.3 Å². The number of nitrogens with zero attached hydrogens (tertiary/aromatic N) is 4. The average molecular weight is 270 g/mol. The Kier molecular flexibility index (Phi) is 3.13. The van der Waals surface area contributed by atoms with E-state index in [1.54, 1.807) is 11.3 Å². The Morgan fingerprint density at radius 2 is 1.89 bits per heavy atom. The molecule has 5 heteroatoms. The van der Waals surface area contributed by atoms with E-state index >= 15 is 0 Å². The molecule has 3 aromatic rings. The summed E-state index contributed by atoms with van der Waals surface area (Å²) < 4.78 is 1.83. The monoisotopic (exact) mass is 270 g/mol. The maximum absolute atomic E-state index is 4.53. The summed E-state index contributed by atoms with van der Waals surface area (Å²) in [5, 5.41) is 13.8. The van der Waals surface area contributed by atoms with Crippen molar-refractivity contribution in [1.29, 1.82) is 0 Å². The van der Waals surface area contributed by atoms with E-state index in [0.29, 0.717) is 5.92 Å². The number of aromatic nitrogens is 4. The zero-order valence-corrected chi connectivity index (χ0v) is 11.6. The van der Waals surface area contributed by atoms with Gasteiger partial charge in [-0.3, -0.25) is 0 Å². The molecule has 0 radical (unpaired) electrons. The Balaban J connectivity index is 1.92. The number of benzene rings is 1. The Labute approximate surface area is 115 Å². The first-order valence-electron chi connectivity index (χ1n) is 6.19. The average Bonchev–Trinajstić information content (AvgIpc) is 2.96. The first-order valence-corrected chi connectivity index (χ1v) is 7.01. The molecule has 4 nitrogen and oxygen atoms in total. The first-order chi connectivity index (χ1) is 9.24. The van der Waals surface area contributed by atoms with E-state index in [-0.39, 0.29) is 0 Å². The number of hydrogen-bond donors (Lipinski definition) is 0. The van der Waals surface area contributed by atoms with E-state index in [0.717, 1.165) is 21.4 Å². The van der Waals surface area contributed by atoms with Crippen molar-refractivity contribution in [1.82, 2.24) is 19.8 Å². The van der Waals surface area contributed by atoms with E-state index in [9.17, 15) is 0 Å². The van der Waals surface area contributed by atoms with Crippen LogP contribution in [0.25, 0.3) is 17.1 Å². The van der Waals surface area contributed by atoms with Gasteiger partial charge in [-0.05, 0) is 11.6 Å². The smallest absolute Gasteiger partial charge is 0.187 e. The van der Waals surface area contributed by atoms with Gasteiger partial charge in [-0.2, -0.15) is 9.61 Å². The van der Waals surface area contributed by atoms with Crippen molar-refractivity contribution in [3.63, 3.8) is 0 Å². The zero-order valence-electron chi connectivity index (χ0n) is 10.8. The van der Waals surface area contributed by atoms with Gasteiger partial charge in [-0.25, -0.2) is 0 Å². The van der Waals surface area contributed by atoms with Gasteiger partial charge in [0.25, 0.3) is 0 Å². The predicted molar refractivity (Wildman–Crippen MR) is 78.1 cm³/mol. The molecule has 1 aromatic carbocycles. The lowest BCUT2D eigenvalue weighted by atomic mass is 10.2. The summed E-state index contributed by atoms with van der Waals surface area (Å²) in [5.41, 5.74) is 1.16. The largest absolute Gasteiger partial charge is 0.234 e. The van der Waals surface area contributed by atoms with Gasteiger partial charge in [-0.15, -0.1) is 10.2 Å². The second-order valence-corrected chi connectivity index (χ2v) is 5.58. The molecule has 2 heterocycles. The third kappa shape index (κ3) is 2.42. The molecule has 0 aliphatic heterocycles. The first kappa shape index (κ1) is 12.0. The molecular weight excluding hydrogens is 256 g/mol. The molecular formula is C14H14N4S. The molecule has 3 rings (SSSR count). The SMILES string of the molecule is CC(C)c1nnc2sc(C=Cc3ccccc3)nn12. The molecule has 0 N–H and O–H groups in total. The summed E-state index contributed by atoms with van der Waals surface area (Å²) in [6, 6.07) is 10.2. The Bertz CT molecular complexity index is 709. The van der Waals surface area contributed by atoms with Gasteiger partial charge in [0.15, 0.2) is 5.82 Å². The van der Waals surface area contributed by atoms with Gasteiger partial charge >= 0.3 is 0 Å². The molecule has 0 bridgehead atoms. The lowest BCUT2D eigenvalue weighted by molar-refractivity contribution is 0.724. The lowest BCUT2D eigenvalue weighted by Crippen LogP contribution is -1.97. The summed E-state index contributed by atoms with van der Waals surface area (Å²) >= 11 is 1.55. The normalized spacial score (nSPS) is 11.9. The van der Waals surface area contributed by atoms with Gasteiger partial charge < -0.3 is 0 Å². The van der Waals surface area contributed by atoms with Crippen LogP contribution in [0.15, 0.2) is 30.3 Å². The van der Waals surface area contributed by atoms with Crippen molar-refractivity contribution in [3.05, 3.63) is 46.7 Å². The second kappa shape index (κ2) is 4.93. The topological polar surface area (TPSA) is 43.1 Å². The maximum atomic E-state index is 4.53. The summed E-state index contributed by atoms with van der Waals surface area (Å²) in [6.45, 7) is 4.19. The highest BCUT2D eigenvalue weighted by molar-refractivity contribution is 7.17. The fourth-order valence-electron chi connectivity index (χ4n) is 1.81. The van der Waals surface area contributed by atoms with Crippen LogP contribution in [0.4, 0.5) is 0 Å².